The molecule has 6 heteroatoms. The highest BCUT2D eigenvalue weighted by molar-refractivity contribution is 7.11. The Morgan fingerprint density at radius 1 is 1.00 bits per heavy atom. The lowest BCUT2D eigenvalue weighted by molar-refractivity contribution is 0.347. The molecule has 0 aliphatic carbocycles. The maximum Gasteiger partial charge on any atom is 0.164 e. The van der Waals surface area contributed by atoms with Gasteiger partial charge in [-0.25, -0.2) is 4.98 Å². The van der Waals surface area contributed by atoms with Gasteiger partial charge in [-0.15, -0.1) is 11.3 Å². The number of benzene rings is 1. The number of nitrogens with zero attached hydrogens (tertiary/aromatic N) is 1. The van der Waals surface area contributed by atoms with Gasteiger partial charge in [0.15, 0.2) is 11.5 Å². The van der Waals surface area contributed by atoms with Crippen molar-refractivity contribution in [1.29, 1.82) is 0 Å². The van der Waals surface area contributed by atoms with Gasteiger partial charge in [0.05, 0.1) is 26.3 Å². The predicted octanol–water partition coefficient (Wildman–Crippen LogP) is 2.77. The van der Waals surface area contributed by atoms with Gasteiger partial charge in [0.2, 0.25) is 0 Å². The Morgan fingerprint density at radius 3 is 2.24 bits per heavy atom. The Bertz CT molecular complexity index is 599. The van der Waals surface area contributed by atoms with Crippen LogP contribution in [0.15, 0.2) is 18.3 Å². The maximum atomic E-state index is 5.41. The summed E-state index contributed by atoms with van der Waals surface area (Å²) in [6.07, 6.45) is 1.90. The monoisotopic (exact) mass is 308 g/mol. The van der Waals surface area contributed by atoms with Gasteiger partial charge < -0.3 is 19.5 Å². The van der Waals surface area contributed by atoms with Crippen LogP contribution in [0.3, 0.4) is 0 Å². The van der Waals surface area contributed by atoms with Gasteiger partial charge in [0.1, 0.15) is 5.75 Å². The normalized spacial score (nSPS) is 10.5. The summed E-state index contributed by atoms with van der Waals surface area (Å²) in [5.74, 6) is 2.14. The van der Waals surface area contributed by atoms with Crippen LogP contribution >= 0.6 is 11.3 Å². The van der Waals surface area contributed by atoms with Crippen LogP contribution in [0.5, 0.6) is 17.2 Å². The van der Waals surface area contributed by atoms with E-state index in [0.717, 1.165) is 22.9 Å². The highest BCUT2D eigenvalue weighted by Crippen LogP contribution is 2.34. The minimum atomic E-state index is 0.663. The molecule has 0 saturated carbocycles. The predicted molar refractivity (Wildman–Crippen MR) is 83.5 cm³/mol. The quantitative estimate of drug-likeness (QED) is 0.852. The van der Waals surface area contributed by atoms with Crippen LogP contribution in [0.1, 0.15) is 15.4 Å². The zero-order valence-electron chi connectivity index (χ0n) is 12.7. The first-order valence-electron chi connectivity index (χ1n) is 6.58. The lowest BCUT2D eigenvalue weighted by Gasteiger charge is -2.14. The molecular weight excluding hydrogens is 288 g/mol. The minimum Gasteiger partial charge on any atom is -0.496 e. The number of thiazole rings is 1. The van der Waals surface area contributed by atoms with E-state index >= 15 is 0 Å². The second kappa shape index (κ2) is 7.28. The summed E-state index contributed by atoms with van der Waals surface area (Å²) in [4.78, 5) is 5.46. The topological polar surface area (TPSA) is 52.6 Å². The first kappa shape index (κ1) is 15.6. The third kappa shape index (κ3) is 3.86. The number of methoxy groups -OCH3 is 3. The van der Waals surface area contributed by atoms with Crippen molar-refractivity contribution in [3.05, 3.63) is 33.8 Å². The maximum absolute atomic E-state index is 5.41. The van der Waals surface area contributed by atoms with Crippen LogP contribution in [0.4, 0.5) is 0 Å². The summed E-state index contributed by atoms with van der Waals surface area (Å²) in [6.45, 7) is 3.47. The summed E-state index contributed by atoms with van der Waals surface area (Å²) in [6, 6.07) is 3.77. The van der Waals surface area contributed by atoms with E-state index in [4.69, 9.17) is 14.2 Å². The van der Waals surface area contributed by atoms with E-state index in [1.54, 1.807) is 32.7 Å². The molecule has 1 aromatic heterocycles. The molecule has 0 aliphatic heterocycles. The molecule has 0 spiro atoms. The highest BCUT2D eigenvalue weighted by atomic mass is 32.1. The van der Waals surface area contributed by atoms with E-state index in [2.05, 4.69) is 10.3 Å². The van der Waals surface area contributed by atoms with Gasteiger partial charge in [-0.05, 0) is 13.0 Å². The molecule has 0 unspecified atom stereocenters. The lowest BCUT2D eigenvalue weighted by atomic mass is 10.1. The zero-order valence-corrected chi connectivity index (χ0v) is 13.5. The average molecular weight is 308 g/mol. The first-order chi connectivity index (χ1) is 10.2. The van der Waals surface area contributed by atoms with Gasteiger partial charge in [-0.2, -0.15) is 0 Å². The lowest BCUT2D eigenvalue weighted by Crippen LogP contribution is -2.13. The van der Waals surface area contributed by atoms with Gasteiger partial charge in [0.25, 0.3) is 0 Å². The Hall–Kier alpha value is -1.79. The molecule has 0 fully saturated rings. The number of hydrogen-bond acceptors (Lipinski definition) is 6. The van der Waals surface area contributed by atoms with Gasteiger partial charge in [-0.1, -0.05) is 0 Å². The molecule has 0 atom stereocenters. The Labute approximate surface area is 128 Å². The van der Waals surface area contributed by atoms with E-state index in [-0.39, 0.29) is 0 Å². The van der Waals surface area contributed by atoms with Gasteiger partial charge in [0, 0.05) is 35.8 Å². The fraction of sp³-hybridized carbons (Fsp3) is 0.400. The van der Waals surface area contributed by atoms with Gasteiger partial charge >= 0.3 is 0 Å². The molecule has 2 aromatic rings. The van der Waals surface area contributed by atoms with Crippen molar-refractivity contribution in [2.75, 3.05) is 21.3 Å². The second-order valence-corrected chi connectivity index (χ2v) is 5.79. The number of aromatic nitrogens is 1. The molecule has 0 bridgehead atoms. The van der Waals surface area contributed by atoms with Crippen LogP contribution in [0.25, 0.3) is 0 Å². The fourth-order valence-corrected chi connectivity index (χ4v) is 2.80. The van der Waals surface area contributed by atoms with E-state index in [0.29, 0.717) is 18.0 Å². The first-order valence-corrected chi connectivity index (χ1v) is 7.40. The molecule has 114 valence electrons. The minimum absolute atomic E-state index is 0.663. The number of hydrogen-bond donors (Lipinski definition) is 1. The van der Waals surface area contributed by atoms with Crippen LogP contribution in [-0.2, 0) is 13.1 Å². The van der Waals surface area contributed by atoms with Crippen molar-refractivity contribution >= 4 is 11.3 Å². The molecule has 0 amide bonds. The van der Waals surface area contributed by atoms with Crippen molar-refractivity contribution in [2.45, 2.75) is 20.0 Å². The van der Waals surface area contributed by atoms with Crippen molar-refractivity contribution in [3.63, 3.8) is 0 Å². The summed E-state index contributed by atoms with van der Waals surface area (Å²) >= 11 is 1.70. The SMILES string of the molecule is COc1cc(OC)c(OC)cc1CNCc1cnc(C)s1. The van der Waals surface area contributed by atoms with E-state index < -0.39 is 0 Å². The third-order valence-corrected chi connectivity index (χ3v) is 3.98. The second-order valence-electron chi connectivity index (χ2n) is 4.47. The summed E-state index contributed by atoms with van der Waals surface area (Å²) in [7, 11) is 4.89. The molecule has 0 radical (unpaired) electrons. The van der Waals surface area contributed by atoms with Crippen molar-refractivity contribution in [2.24, 2.45) is 0 Å². The molecule has 0 saturated heterocycles. The third-order valence-electron chi connectivity index (χ3n) is 3.07. The van der Waals surface area contributed by atoms with Crippen molar-refractivity contribution < 1.29 is 14.2 Å². The number of ether oxygens (including phenoxy) is 3. The van der Waals surface area contributed by atoms with Crippen molar-refractivity contribution in [1.82, 2.24) is 10.3 Å². The molecule has 2 rings (SSSR count). The number of aryl methyl sites for hydroxylation is 1. The standard InChI is InChI=1S/C15H20N2O3S/c1-10-17-9-12(21-10)8-16-7-11-5-14(19-3)15(20-4)6-13(11)18-2/h5-6,9,16H,7-8H2,1-4H3. The van der Waals surface area contributed by atoms with E-state index in [9.17, 15) is 0 Å². The summed E-state index contributed by atoms with van der Waals surface area (Å²) in [5.41, 5.74) is 1.02. The number of rotatable bonds is 7. The van der Waals surface area contributed by atoms with E-state index in [1.165, 1.54) is 4.88 Å². The Kier molecular flexibility index (Phi) is 5.41. The smallest absolute Gasteiger partial charge is 0.164 e. The van der Waals surface area contributed by atoms with Crippen LogP contribution < -0.4 is 19.5 Å². The molecule has 1 N–H and O–H groups in total. The Balaban J connectivity index is 2.07. The van der Waals surface area contributed by atoms with Gasteiger partial charge in [-0.3, -0.25) is 0 Å². The molecule has 1 aromatic carbocycles. The zero-order chi connectivity index (χ0) is 15.2. The molecule has 5 nitrogen and oxygen atoms in total. The molecular formula is C15H20N2O3S. The number of nitrogens with one attached hydrogen (secondary N) is 1. The highest BCUT2D eigenvalue weighted by Gasteiger charge is 2.11. The summed E-state index contributed by atoms with van der Waals surface area (Å²) < 4.78 is 16.0. The summed E-state index contributed by atoms with van der Waals surface area (Å²) in [5, 5.41) is 4.47. The Morgan fingerprint density at radius 2 is 1.67 bits per heavy atom. The molecule has 1 heterocycles. The fourth-order valence-electron chi connectivity index (χ4n) is 2.04. The molecule has 0 aliphatic rings. The largest absolute Gasteiger partial charge is 0.496 e. The van der Waals surface area contributed by atoms with Crippen LogP contribution in [-0.4, -0.2) is 26.3 Å². The molecule has 21 heavy (non-hydrogen) atoms. The van der Waals surface area contributed by atoms with Crippen molar-refractivity contribution in [3.8, 4) is 17.2 Å². The average Bonchev–Trinajstić information content (AvgIpc) is 2.92. The van der Waals surface area contributed by atoms with E-state index in [1.807, 2.05) is 25.3 Å². The van der Waals surface area contributed by atoms with Crippen LogP contribution in [0, 0.1) is 6.92 Å². The van der Waals surface area contributed by atoms with Crippen LogP contribution in [0.2, 0.25) is 0 Å².